The molecular weight excluding hydrogens is 330 g/mol. The first kappa shape index (κ1) is 16.0. The van der Waals surface area contributed by atoms with E-state index in [0.29, 0.717) is 6.54 Å². The van der Waals surface area contributed by atoms with Crippen molar-refractivity contribution in [3.63, 3.8) is 0 Å². The molecule has 2 N–H and O–H groups in total. The number of rotatable bonds is 7. The maximum Gasteiger partial charge on any atom is 0.119 e. The molecule has 2 aromatic rings. The van der Waals surface area contributed by atoms with Crippen LogP contribution in [-0.4, -0.2) is 24.4 Å². The molecule has 0 aliphatic rings. The molecule has 112 valence electrons. The smallest absolute Gasteiger partial charge is 0.119 e. The van der Waals surface area contributed by atoms with E-state index in [-0.39, 0.29) is 12.6 Å². The summed E-state index contributed by atoms with van der Waals surface area (Å²) in [5.74, 6) is 0.758. The number of halogens is 1. The Morgan fingerprint density at radius 1 is 1.10 bits per heavy atom. The Hall–Kier alpha value is -1.36. The van der Waals surface area contributed by atoms with Crippen molar-refractivity contribution in [3.8, 4) is 5.75 Å². The van der Waals surface area contributed by atoms with Gasteiger partial charge in [0.2, 0.25) is 0 Å². The van der Waals surface area contributed by atoms with Gasteiger partial charge in [0.15, 0.2) is 0 Å². The monoisotopic (exact) mass is 349 g/mol. The third kappa shape index (κ3) is 5.50. The molecule has 0 radical (unpaired) electrons. The third-order valence-electron chi connectivity index (χ3n) is 3.22. The predicted molar refractivity (Wildman–Crippen MR) is 88.5 cm³/mol. The first-order valence-electron chi connectivity index (χ1n) is 7.00. The lowest BCUT2D eigenvalue weighted by molar-refractivity contribution is 0.104. The van der Waals surface area contributed by atoms with Crippen molar-refractivity contribution in [3.05, 3.63) is 64.6 Å². The van der Waals surface area contributed by atoms with E-state index in [1.165, 1.54) is 5.56 Å². The molecule has 0 aliphatic carbocycles. The van der Waals surface area contributed by atoms with Crippen LogP contribution in [0.25, 0.3) is 0 Å². The average Bonchev–Trinajstić information content (AvgIpc) is 2.53. The van der Waals surface area contributed by atoms with Gasteiger partial charge in [0, 0.05) is 17.1 Å². The van der Waals surface area contributed by atoms with Crippen molar-refractivity contribution in [2.24, 2.45) is 0 Å². The highest BCUT2D eigenvalue weighted by Gasteiger charge is 2.09. The molecule has 0 saturated heterocycles. The van der Waals surface area contributed by atoms with Crippen LogP contribution in [-0.2, 0) is 0 Å². The SMILES string of the molecule is C[C@H](NCC(O)COc1ccc(Br)cc1)c1ccccc1. The summed E-state index contributed by atoms with van der Waals surface area (Å²) >= 11 is 3.37. The minimum Gasteiger partial charge on any atom is -0.491 e. The molecule has 0 saturated carbocycles. The van der Waals surface area contributed by atoms with Crippen LogP contribution in [0.15, 0.2) is 59.1 Å². The van der Waals surface area contributed by atoms with Crippen LogP contribution < -0.4 is 10.1 Å². The van der Waals surface area contributed by atoms with Crippen LogP contribution in [0, 0.1) is 0 Å². The van der Waals surface area contributed by atoms with Gasteiger partial charge in [-0.15, -0.1) is 0 Å². The van der Waals surface area contributed by atoms with E-state index in [1.54, 1.807) is 0 Å². The van der Waals surface area contributed by atoms with E-state index >= 15 is 0 Å². The Morgan fingerprint density at radius 2 is 1.76 bits per heavy atom. The van der Waals surface area contributed by atoms with Crippen molar-refractivity contribution in [2.45, 2.75) is 19.1 Å². The summed E-state index contributed by atoms with van der Waals surface area (Å²) in [6.07, 6.45) is -0.542. The number of nitrogens with one attached hydrogen (secondary N) is 1. The minimum absolute atomic E-state index is 0.202. The summed E-state index contributed by atoms with van der Waals surface area (Å²) in [6.45, 7) is 2.85. The minimum atomic E-state index is -0.542. The highest BCUT2D eigenvalue weighted by molar-refractivity contribution is 9.10. The Bertz CT molecular complexity index is 530. The number of hydrogen-bond donors (Lipinski definition) is 2. The first-order valence-corrected chi connectivity index (χ1v) is 7.79. The maximum atomic E-state index is 9.96. The number of aliphatic hydroxyl groups excluding tert-OH is 1. The van der Waals surface area contributed by atoms with Crippen LogP contribution in [0.5, 0.6) is 5.75 Å². The fourth-order valence-electron chi connectivity index (χ4n) is 1.95. The van der Waals surface area contributed by atoms with Gasteiger partial charge in [0.05, 0.1) is 0 Å². The molecule has 1 unspecified atom stereocenters. The van der Waals surface area contributed by atoms with Gasteiger partial charge in [0.25, 0.3) is 0 Å². The van der Waals surface area contributed by atoms with Gasteiger partial charge in [-0.2, -0.15) is 0 Å². The summed E-state index contributed by atoms with van der Waals surface area (Å²) in [4.78, 5) is 0. The average molecular weight is 350 g/mol. The van der Waals surface area contributed by atoms with Crippen LogP contribution in [0.4, 0.5) is 0 Å². The zero-order valence-corrected chi connectivity index (χ0v) is 13.6. The molecule has 0 spiro atoms. The lowest BCUT2D eigenvalue weighted by Crippen LogP contribution is -2.33. The van der Waals surface area contributed by atoms with Crippen LogP contribution in [0.3, 0.4) is 0 Å². The number of benzene rings is 2. The molecule has 0 aliphatic heterocycles. The topological polar surface area (TPSA) is 41.5 Å². The van der Waals surface area contributed by atoms with Crippen LogP contribution in [0.1, 0.15) is 18.5 Å². The standard InChI is InChI=1S/C17H20BrNO2/c1-13(14-5-3-2-4-6-14)19-11-16(20)12-21-17-9-7-15(18)8-10-17/h2-10,13,16,19-20H,11-12H2,1H3/t13-,16?/m0/s1. The number of aliphatic hydroxyl groups is 1. The second-order valence-electron chi connectivity index (χ2n) is 4.96. The van der Waals surface area contributed by atoms with E-state index in [1.807, 2.05) is 42.5 Å². The molecule has 21 heavy (non-hydrogen) atoms. The fourth-order valence-corrected chi connectivity index (χ4v) is 2.22. The Labute approximate surface area is 134 Å². The van der Waals surface area contributed by atoms with Crippen LogP contribution >= 0.6 is 15.9 Å². The van der Waals surface area contributed by atoms with E-state index in [9.17, 15) is 5.11 Å². The molecule has 2 aromatic carbocycles. The Morgan fingerprint density at radius 3 is 2.43 bits per heavy atom. The van der Waals surface area contributed by atoms with Gasteiger partial charge in [0.1, 0.15) is 18.5 Å². The lowest BCUT2D eigenvalue weighted by atomic mass is 10.1. The van der Waals surface area contributed by atoms with Gasteiger partial charge in [-0.05, 0) is 36.8 Å². The molecule has 4 heteroatoms. The van der Waals surface area contributed by atoms with E-state index in [2.05, 4.69) is 40.3 Å². The van der Waals surface area contributed by atoms with E-state index in [4.69, 9.17) is 4.74 Å². The van der Waals surface area contributed by atoms with Gasteiger partial charge in [-0.3, -0.25) is 0 Å². The van der Waals surface area contributed by atoms with Crippen molar-refractivity contribution >= 4 is 15.9 Å². The highest BCUT2D eigenvalue weighted by atomic mass is 79.9. The van der Waals surface area contributed by atoms with Crippen molar-refractivity contribution in [1.29, 1.82) is 0 Å². The quantitative estimate of drug-likeness (QED) is 0.803. The van der Waals surface area contributed by atoms with E-state index < -0.39 is 6.10 Å². The number of ether oxygens (including phenoxy) is 1. The summed E-state index contributed by atoms with van der Waals surface area (Å²) in [7, 11) is 0. The fraction of sp³-hybridized carbons (Fsp3) is 0.294. The first-order chi connectivity index (χ1) is 10.1. The van der Waals surface area contributed by atoms with Gasteiger partial charge in [-0.25, -0.2) is 0 Å². The van der Waals surface area contributed by atoms with Crippen molar-refractivity contribution < 1.29 is 9.84 Å². The number of hydrogen-bond acceptors (Lipinski definition) is 3. The summed E-state index contributed by atoms with van der Waals surface area (Å²) < 4.78 is 6.56. The molecule has 0 aromatic heterocycles. The summed E-state index contributed by atoms with van der Waals surface area (Å²) in [6, 6.07) is 17.9. The second-order valence-corrected chi connectivity index (χ2v) is 5.88. The molecule has 0 heterocycles. The van der Waals surface area contributed by atoms with Gasteiger partial charge < -0.3 is 15.2 Å². The Balaban J connectivity index is 1.72. The Kier molecular flexibility index (Phi) is 6.23. The predicted octanol–water partition coefficient (Wildman–Crippen LogP) is 3.54. The van der Waals surface area contributed by atoms with E-state index in [0.717, 1.165) is 10.2 Å². The maximum absolute atomic E-state index is 9.96. The van der Waals surface area contributed by atoms with Crippen LogP contribution in [0.2, 0.25) is 0 Å². The molecule has 0 fully saturated rings. The lowest BCUT2D eigenvalue weighted by Gasteiger charge is -2.18. The van der Waals surface area contributed by atoms with Gasteiger partial charge >= 0.3 is 0 Å². The normalized spacial score (nSPS) is 13.7. The zero-order chi connectivity index (χ0) is 15.1. The van der Waals surface area contributed by atoms with Gasteiger partial charge in [-0.1, -0.05) is 46.3 Å². The summed E-state index contributed by atoms with van der Waals surface area (Å²) in [5.41, 5.74) is 1.21. The molecule has 2 atom stereocenters. The zero-order valence-electron chi connectivity index (χ0n) is 12.0. The van der Waals surface area contributed by atoms with Crippen molar-refractivity contribution in [1.82, 2.24) is 5.32 Å². The highest BCUT2D eigenvalue weighted by Crippen LogP contribution is 2.16. The molecular formula is C17H20BrNO2. The molecule has 3 nitrogen and oxygen atoms in total. The van der Waals surface area contributed by atoms with Crippen molar-refractivity contribution in [2.75, 3.05) is 13.2 Å². The molecule has 0 amide bonds. The second kappa shape index (κ2) is 8.17. The summed E-state index contributed by atoms with van der Waals surface area (Å²) in [5, 5.41) is 13.3. The molecule has 2 rings (SSSR count). The largest absolute Gasteiger partial charge is 0.491 e. The molecule has 0 bridgehead atoms. The third-order valence-corrected chi connectivity index (χ3v) is 3.74.